The molecule has 1 N–H and O–H groups in total. The molecule has 0 fully saturated rings. The summed E-state index contributed by atoms with van der Waals surface area (Å²) in [4.78, 5) is 28.5. The molecule has 0 saturated carbocycles. The average molecular weight is 619 g/mol. The molecule has 0 aliphatic rings. The highest BCUT2D eigenvalue weighted by molar-refractivity contribution is 9.10. The van der Waals surface area contributed by atoms with E-state index in [1.54, 1.807) is 61.5 Å². The Morgan fingerprint density at radius 3 is 2.13 bits per heavy atom. The number of carbonyl (C=O) groups is 2. The molecule has 208 valence electrons. The van der Waals surface area contributed by atoms with Crippen molar-refractivity contribution in [1.82, 2.24) is 10.2 Å². The van der Waals surface area contributed by atoms with Gasteiger partial charge in [0.05, 0.1) is 10.6 Å². The van der Waals surface area contributed by atoms with Crippen molar-refractivity contribution in [3.8, 4) is 0 Å². The summed E-state index contributed by atoms with van der Waals surface area (Å²) in [6.07, 6.45) is 0.306. The monoisotopic (exact) mass is 617 g/mol. The van der Waals surface area contributed by atoms with Crippen molar-refractivity contribution in [1.29, 1.82) is 0 Å². The number of nitrogens with zero attached hydrogens (tertiary/aromatic N) is 2. The Kier molecular flexibility index (Phi) is 10.7. The molecule has 0 heterocycles. The highest BCUT2D eigenvalue weighted by Gasteiger charge is 2.33. The number of sulfonamides is 1. The van der Waals surface area contributed by atoms with Gasteiger partial charge in [-0.25, -0.2) is 12.8 Å². The van der Waals surface area contributed by atoms with E-state index < -0.39 is 34.3 Å². The first-order chi connectivity index (χ1) is 18.5. The first-order valence-corrected chi connectivity index (χ1v) is 14.9. The van der Waals surface area contributed by atoms with Crippen LogP contribution in [0.15, 0.2) is 88.2 Å². The molecule has 0 spiro atoms. The molecule has 0 unspecified atom stereocenters. The standard InChI is InChI=1S/C29H33BrFN3O4S/c1-4-27(29(36)32-18-21(2)3)33(19-22-10-14-24(31)15-11-22)28(35)20-34(25-16-12-23(30)13-17-25)39(37,38)26-8-6-5-7-9-26/h5-17,21,27H,4,18-20H2,1-3H3,(H,32,36)/t27-/m1/s1. The van der Waals surface area contributed by atoms with Crippen molar-refractivity contribution in [3.63, 3.8) is 0 Å². The van der Waals surface area contributed by atoms with E-state index >= 15 is 0 Å². The van der Waals surface area contributed by atoms with E-state index in [-0.39, 0.29) is 23.3 Å². The van der Waals surface area contributed by atoms with Gasteiger partial charge in [-0.15, -0.1) is 0 Å². The maximum absolute atomic E-state index is 13.9. The number of benzene rings is 3. The van der Waals surface area contributed by atoms with Crippen LogP contribution in [0.3, 0.4) is 0 Å². The molecule has 39 heavy (non-hydrogen) atoms. The largest absolute Gasteiger partial charge is 0.354 e. The van der Waals surface area contributed by atoms with Gasteiger partial charge in [-0.05, 0) is 66.4 Å². The molecule has 1 atom stereocenters. The minimum absolute atomic E-state index is 0.00623. The van der Waals surface area contributed by atoms with Gasteiger partial charge in [0.15, 0.2) is 0 Å². The quantitative estimate of drug-likeness (QED) is 0.296. The Labute approximate surface area is 238 Å². The smallest absolute Gasteiger partial charge is 0.264 e. The lowest BCUT2D eigenvalue weighted by Crippen LogP contribution is -2.52. The number of nitrogens with one attached hydrogen (secondary N) is 1. The summed E-state index contributed by atoms with van der Waals surface area (Å²) in [6.45, 7) is 5.62. The maximum Gasteiger partial charge on any atom is 0.264 e. The predicted molar refractivity (Wildman–Crippen MR) is 154 cm³/mol. The van der Waals surface area contributed by atoms with Crippen molar-refractivity contribution in [2.75, 3.05) is 17.4 Å². The molecule has 3 aromatic carbocycles. The van der Waals surface area contributed by atoms with E-state index in [2.05, 4.69) is 21.2 Å². The third-order valence-electron chi connectivity index (χ3n) is 6.06. The van der Waals surface area contributed by atoms with Crippen LogP contribution in [-0.4, -0.2) is 44.3 Å². The molecular weight excluding hydrogens is 585 g/mol. The van der Waals surface area contributed by atoms with E-state index in [1.165, 1.54) is 29.2 Å². The number of anilines is 1. The molecule has 0 aliphatic heterocycles. The fraction of sp³-hybridized carbons (Fsp3) is 0.310. The second kappa shape index (κ2) is 13.7. The zero-order valence-corrected chi connectivity index (χ0v) is 24.6. The highest BCUT2D eigenvalue weighted by atomic mass is 79.9. The molecule has 3 aromatic rings. The molecule has 0 saturated heterocycles. The summed E-state index contributed by atoms with van der Waals surface area (Å²) in [5.41, 5.74) is 0.912. The predicted octanol–water partition coefficient (Wildman–Crippen LogP) is 5.36. The maximum atomic E-state index is 13.9. The second-order valence-corrected chi connectivity index (χ2v) is 12.3. The lowest BCUT2D eigenvalue weighted by Gasteiger charge is -2.33. The number of carbonyl (C=O) groups excluding carboxylic acids is 2. The number of hydrogen-bond acceptors (Lipinski definition) is 4. The molecule has 7 nitrogen and oxygen atoms in total. The van der Waals surface area contributed by atoms with Crippen LogP contribution in [-0.2, 0) is 26.2 Å². The van der Waals surface area contributed by atoms with Crippen molar-refractivity contribution in [3.05, 3.63) is 94.7 Å². The molecular formula is C29H33BrFN3O4S. The Morgan fingerprint density at radius 2 is 1.56 bits per heavy atom. The van der Waals surface area contributed by atoms with E-state index in [0.717, 1.165) is 8.78 Å². The van der Waals surface area contributed by atoms with Gasteiger partial charge >= 0.3 is 0 Å². The minimum atomic E-state index is -4.13. The Balaban J connectivity index is 2.02. The number of rotatable bonds is 12. The number of amides is 2. The summed E-state index contributed by atoms with van der Waals surface area (Å²) in [6, 6.07) is 19.3. The van der Waals surface area contributed by atoms with Gasteiger partial charge in [-0.3, -0.25) is 13.9 Å². The fourth-order valence-corrected chi connectivity index (χ4v) is 5.68. The van der Waals surface area contributed by atoms with E-state index in [1.807, 2.05) is 13.8 Å². The van der Waals surface area contributed by atoms with Crippen molar-refractivity contribution in [2.45, 2.75) is 44.7 Å². The average Bonchev–Trinajstić information content (AvgIpc) is 2.92. The van der Waals surface area contributed by atoms with Gasteiger partial charge in [0.25, 0.3) is 10.0 Å². The van der Waals surface area contributed by atoms with Crippen LogP contribution in [0.2, 0.25) is 0 Å². The molecule has 0 radical (unpaired) electrons. The SMILES string of the molecule is CC[C@H](C(=O)NCC(C)C)N(Cc1ccc(F)cc1)C(=O)CN(c1ccc(Br)cc1)S(=O)(=O)c1ccccc1. The first kappa shape index (κ1) is 30.3. The van der Waals surface area contributed by atoms with Crippen molar-refractivity contribution in [2.24, 2.45) is 5.92 Å². The van der Waals surface area contributed by atoms with Gasteiger partial charge in [0.2, 0.25) is 11.8 Å². The van der Waals surface area contributed by atoms with E-state index in [9.17, 15) is 22.4 Å². The molecule has 0 aliphatic carbocycles. The van der Waals surface area contributed by atoms with Crippen LogP contribution < -0.4 is 9.62 Å². The third-order valence-corrected chi connectivity index (χ3v) is 8.38. The minimum Gasteiger partial charge on any atom is -0.354 e. The normalized spacial score (nSPS) is 12.2. The zero-order valence-electron chi connectivity index (χ0n) is 22.2. The van der Waals surface area contributed by atoms with E-state index in [4.69, 9.17) is 0 Å². The van der Waals surface area contributed by atoms with Crippen LogP contribution in [0.1, 0.15) is 32.8 Å². The first-order valence-electron chi connectivity index (χ1n) is 12.7. The molecule has 0 aromatic heterocycles. The topological polar surface area (TPSA) is 86.8 Å². The van der Waals surface area contributed by atoms with Crippen LogP contribution >= 0.6 is 15.9 Å². The summed E-state index contributed by atoms with van der Waals surface area (Å²) in [7, 11) is -4.13. The Hall–Kier alpha value is -3.24. The van der Waals surface area contributed by atoms with Gasteiger partial charge in [0, 0.05) is 17.6 Å². The van der Waals surface area contributed by atoms with E-state index in [0.29, 0.717) is 24.2 Å². The third kappa shape index (κ3) is 8.12. The van der Waals surface area contributed by atoms with Gasteiger partial charge in [0.1, 0.15) is 18.4 Å². The van der Waals surface area contributed by atoms with Gasteiger partial charge < -0.3 is 10.2 Å². The zero-order chi connectivity index (χ0) is 28.6. The van der Waals surface area contributed by atoms with Gasteiger partial charge in [-0.1, -0.05) is 67.0 Å². The lowest BCUT2D eigenvalue weighted by molar-refractivity contribution is -0.140. The van der Waals surface area contributed by atoms with Crippen LogP contribution in [0.5, 0.6) is 0 Å². The summed E-state index contributed by atoms with van der Waals surface area (Å²) >= 11 is 3.36. The molecule has 2 amide bonds. The molecule has 10 heteroatoms. The van der Waals surface area contributed by atoms with Crippen LogP contribution in [0, 0.1) is 11.7 Å². The van der Waals surface area contributed by atoms with Crippen LogP contribution in [0.4, 0.5) is 10.1 Å². The van der Waals surface area contributed by atoms with Crippen molar-refractivity contribution < 1.29 is 22.4 Å². The Bertz CT molecular complexity index is 1350. The lowest BCUT2D eigenvalue weighted by atomic mass is 10.1. The number of halogens is 2. The fourth-order valence-electron chi connectivity index (χ4n) is 3.98. The summed E-state index contributed by atoms with van der Waals surface area (Å²) < 4.78 is 42.9. The van der Waals surface area contributed by atoms with Crippen LogP contribution in [0.25, 0.3) is 0 Å². The molecule has 3 rings (SSSR count). The molecule has 0 bridgehead atoms. The number of hydrogen-bond donors (Lipinski definition) is 1. The van der Waals surface area contributed by atoms with Crippen molar-refractivity contribution >= 4 is 43.5 Å². The summed E-state index contributed by atoms with van der Waals surface area (Å²) in [5, 5.41) is 2.88. The second-order valence-electron chi connectivity index (χ2n) is 9.51. The van der Waals surface area contributed by atoms with Gasteiger partial charge in [-0.2, -0.15) is 0 Å². The Morgan fingerprint density at radius 1 is 0.949 bits per heavy atom. The summed E-state index contributed by atoms with van der Waals surface area (Å²) in [5.74, 6) is -1.11. The highest BCUT2D eigenvalue weighted by Crippen LogP contribution is 2.26.